The van der Waals surface area contributed by atoms with Crippen molar-refractivity contribution in [2.45, 2.75) is 13.8 Å². The molecule has 0 fully saturated rings. The van der Waals surface area contributed by atoms with E-state index in [9.17, 15) is 4.79 Å². The molecule has 29 heavy (non-hydrogen) atoms. The molecule has 0 unspecified atom stereocenters. The first-order valence-corrected chi connectivity index (χ1v) is 9.52. The lowest BCUT2D eigenvalue weighted by atomic mass is 10.1. The van der Waals surface area contributed by atoms with Crippen LogP contribution >= 0.6 is 0 Å². The fourth-order valence-corrected chi connectivity index (χ4v) is 3.46. The molecule has 1 aliphatic heterocycles. The van der Waals surface area contributed by atoms with Crippen LogP contribution in [0.5, 0.6) is 11.5 Å². The van der Waals surface area contributed by atoms with Crippen molar-refractivity contribution in [3.05, 3.63) is 71.8 Å². The summed E-state index contributed by atoms with van der Waals surface area (Å²) in [5.41, 5.74) is 2.71. The smallest absolute Gasteiger partial charge is 0.280 e. The van der Waals surface area contributed by atoms with Gasteiger partial charge in [0.15, 0.2) is 11.5 Å². The average Bonchev–Trinajstić information content (AvgIpc) is 3.02. The molecule has 146 valence electrons. The zero-order chi connectivity index (χ0) is 20.4. The molecule has 5 nitrogen and oxygen atoms in total. The molecule has 0 saturated carbocycles. The summed E-state index contributed by atoms with van der Waals surface area (Å²) in [6.07, 6.45) is 1.81. The number of nitrogens with zero attached hydrogens (tertiary/aromatic N) is 2. The van der Waals surface area contributed by atoms with E-state index < -0.39 is 0 Å². The van der Waals surface area contributed by atoms with Crippen molar-refractivity contribution >= 4 is 34.2 Å². The minimum absolute atomic E-state index is 0.165. The van der Waals surface area contributed by atoms with Gasteiger partial charge in [-0.3, -0.25) is 4.79 Å². The maximum Gasteiger partial charge on any atom is 0.280 e. The predicted molar refractivity (Wildman–Crippen MR) is 117 cm³/mol. The predicted octanol–water partition coefficient (Wildman–Crippen LogP) is 5.05. The SMILES string of the molecule is CCOc1cccc(C=C2C(=O)N(c3ccc4ccccc4c3)N=C2C)c1OC. The van der Waals surface area contributed by atoms with Gasteiger partial charge >= 0.3 is 0 Å². The topological polar surface area (TPSA) is 51.1 Å². The molecule has 0 aromatic heterocycles. The fourth-order valence-electron chi connectivity index (χ4n) is 3.46. The van der Waals surface area contributed by atoms with E-state index in [0.717, 1.165) is 22.0 Å². The number of anilines is 1. The summed E-state index contributed by atoms with van der Waals surface area (Å²) >= 11 is 0. The van der Waals surface area contributed by atoms with Gasteiger partial charge in [-0.2, -0.15) is 10.1 Å². The number of para-hydroxylation sites is 1. The van der Waals surface area contributed by atoms with Gasteiger partial charge in [-0.1, -0.05) is 42.5 Å². The summed E-state index contributed by atoms with van der Waals surface area (Å²) in [5, 5.41) is 8.14. The molecule has 1 aliphatic rings. The highest BCUT2D eigenvalue weighted by Crippen LogP contribution is 2.34. The number of hydrazone groups is 1. The van der Waals surface area contributed by atoms with E-state index in [1.165, 1.54) is 5.01 Å². The van der Waals surface area contributed by atoms with Crippen LogP contribution in [0.15, 0.2) is 71.3 Å². The molecule has 0 radical (unpaired) electrons. The van der Waals surface area contributed by atoms with E-state index in [2.05, 4.69) is 5.10 Å². The lowest BCUT2D eigenvalue weighted by molar-refractivity contribution is -0.114. The normalized spacial score (nSPS) is 15.1. The first kappa shape index (κ1) is 18.7. The van der Waals surface area contributed by atoms with Crippen LogP contribution in [0, 0.1) is 0 Å². The molecule has 0 aliphatic carbocycles. The number of benzene rings is 3. The lowest BCUT2D eigenvalue weighted by Gasteiger charge is -2.13. The molecule has 0 saturated heterocycles. The van der Waals surface area contributed by atoms with Crippen LogP contribution in [0.1, 0.15) is 19.4 Å². The quantitative estimate of drug-likeness (QED) is 0.577. The van der Waals surface area contributed by atoms with Crippen molar-refractivity contribution in [2.24, 2.45) is 5.10 Å². The largest absolute Gasteiger partial charge is 0.492 e. The molecular weight excluding hydrogens is 364 g/mol. The molecule has 1 amide bonds. The van der Waals surface area contributed by atoms with E-state index in [0.29, 0.717) is 29.4 Å². The minimum Gasteiger partial charge on any atom is -0.492 e. The van der Waals surface area contributed by atoms with E-state index in [1.54, 1.807) is 7.11 Å². The van der Waals surface area contributed by atoms with Crippen molar-refractivity contribution in [1.29, 1.82) is 0 Å². The number of carbonyl (C=O) groups is 1. The monoisotopic (exact) mass is 386 g/mol. The second-order valence-corrected chi connectivity index (χ2v) is 6.70. The number of methoxy groups -OCH3 is 1. The molecule has 4 rings (SSSR count). The third kappa shape index (κ3) is 3.47. The second kappa shape index (κ2) is 7.80. The minimum atomic E-state index is -0.165. The second-order valence-electron chi connectivity index (χ2n) is 6.70. The third-order valence-corrected chi connectivity index (χ3v) is 4.85. The Morgan fingerprint density at radius 2 is 1.83 bits per heavy atom. The fraction of sp³-hybridized carbons (Fsp3) is 0.167. The molecule has 0 atom stereocenters. The van der Waals surface area contributed by atoms with E-state index in [1.807, 2.05) is 80.6 Å². The molecular formula is C24H22N2O3. The van der Waals surface area contributed by atoms with Crippen LogP contribution in [0.4, 0.5) is 5.69 Å². The van der Waals surface area contributed by atoms with Crippen LogP contribution < -0.4 is 14.5 Å². The highest BCUT2D eigenvalue weighted by molar-refractivity contribution is 6.32. The lowest BCUT2D eigenvalue weighted by Crippen LogP contribution is -2.21. The summed E-state index contributed by atoms with van der Waals surface area (Å²) in [7, 11) is 1.60. The van der Waals surface area contributed by atoms with Crippen LogP contribution in [0.3, 0.4) is 0 Å². The van der Waals surface area contributed by atoms with Gasteiger partial charge in [-0.15, -0.1) is 0 Å². The van der Waals surface area contributed by atoms with Gasteiger partial charge in [0.1, 0.15) is 0 Å². The molecule has 3 aromatic carbocycles. The van der Waals surface area contributed by atoms with E-state index in [-0.39, 0.29) is 5.91 Å². The van der Waals surface area contributed by atoms with Gasteiger partial charge in [-0.25, -0.2) is 0 Å². The number of ether oxygens (including phenoxy) is 2. The Hall–Kier alpha value is -3.60. The van der Waals surface area contributed by atoms with Gasteiger partial charge in [0, 0.05) is 5.56 Å². The summed E-state index contributed by atoms with van der Waals surface area (Å²) in [4.78, 5) is 13.1. The Kier molecular flexibility index (Phi) is 5.04. The standard InChI is InChI=1S/C24H22N2O3/c1-4-29-22-11-7-10-19(23(22)28-3)15-21-16(2)25-26(24(21)27)20-13-12-17-8-5-6-9-18(17)14-20/h5-15H,4H2,1-3H3. The van der Waals surface area contributed by atoms with E-state index in [4.69, 9.17) is 9.47 Å². The number of fused-ring (bicyclic) bond motifs is 1. The summed E-state index contributed by atoms with van der Waals surface area (Å²) in [5.74, 6) is 1.09. The van der Waals surface area contributed by atoms with Gasteiger partial charge in [-0.05, 0) is 48.9 Å². The average molecular weight is 386 g/mol. The van der Waals surface area contributed by atoms with Crippen molar-refractivity contribution in [2.75, 3.05) is 18.7 Å². The van der Waals surface area contributed by atoms with Crippen LogP contribution in [-0.4, -0.2) is 25.3 Å². The van der Waals surface area contributed by atoms with Crippen molar-refractivity contribution in [1.82, 2.24) is 0 Å². The first-order chi connectivity index (χ1) is 14.1. The Bertz CT molecular complexity index is 1150. The molecule has 1 heterocycles. The number of hydrogen-bond donors (Lipinski definition) is 0. The highest BCUT2D eigenvalue weighted by atomic mass is 16.5. The molecule has 3 aromatic rings. The van der Waals surface area contributed by atoms with Gasteiger partial charge in [0.05, 0.1) is 30.7 Å². The maximum atomic E-state index is 13.1. The highest BCUT2D eigenvalue weighted by Gasteiger charge is 2.29. The van der Waals surface area contributed by atoms with Crippen molar-refractivity contribution < 1.29 is 14.3 Å². The number of hydrogen-bond acceptors (Lipinski definition) is 4. The van der Waals surface area contributed by atoms with E-state index >= 15 is 0 Å². The Morgan fingerprint density at radius 3 is 2.59 bits per heavy atom. The Balaban J connectivity index is 1.71. The Morgan fingerprint density at radius 1 is 1.03 bits per heavy atom. The molecule has 0 spiro atoms. The summed E-state index contributed by atoms with van der Waals surface area (Å²) < 4.78 is 11.2. The summed E-state index contributed by atoms with van der Waals surface area (Å²) in [6, 6.07) is 19.6. The van der Waals surface area contributed by atoms with Gasteiger partial charge < -0.3 is 9.47 Å². The molecule has 0 N–H and O–H groups in total. The van der Waals surface area contributed by atoms with Crippen LogP contribution in [-0.2, 0) is 4.79 Å². The first-order valence-electron chi connectivity index (χ1n) is 9.52. The van der Waals surface area contributed by atoms with Gasteiger partial charge in [0.25, 0.3) is 5.91 Å². The Labute approximate surface area is 169 Å². The number of amides is 1. The zero-order valence-corrected chi connectivity index (χ0v) is 16.7. The number of carbonyl (C=O) groups excluding carboxylic acids is 1. The van der Waals surface area contributed by atoms with Crippen molar-refractivity contribution in [3.63, 3.8) is 0 Å². The third-order valence-electron chi connectivity index (χ3n) is 4.85. The maximum absolute atomic E-state index is 13.1. The molecule has 0 bridgehead atoms. The van der Waals surface area contributed by atoms with Gasteiger partial charge in [0.2, 0.25) is 0 Å². The molecule has 5 heteroatoms. The number of rotatable bonds is 5. The van der Waals surface area contributed by atoms with Crippen LogP contribution in [0.2, 0.25) is 0 Å². The van der Waals surface area contributed by atoms with Crippen molar-refractivity contribution in [3.8, 4) is 11.5 Å². The summed E-state index contributed by atoms with van der Waals surface area (Å²) in [6.45, 7) is 4.29. The zero-order valence-electron chi connectivity index (χ0n) is 16.7. The van der Waals surface area contributed by atoms with Crippen LogP contribution in [0.25, 0.3) is 16.8 Å².